The lowest BCUT2D eigenvalue weighted by atomic mass is 10.0. The molecule has 0 aliphatic rings. The van der Waals surface area contributed by atoms with Gasteiger partial charge in [0.2, 0.25) is 0 Å². The minimum atomic E-state index is 0.648. The Hall–Kier alpha value is -0.540. The van der Waals surface area contributed by atoms with E-state index in [1.807, 2.05) is 6.07 Å². The van der Waals surface area contributed by atoms with Crippen LogP contribution < -0.4 is 5.32 Å². The van der Waals surface area contributed by atoms with Crippen LogP contribution in [0.2, 0.25) is 0 Å². The van der Waals surface area contributed by atoms with Crippen LogP contribution in [0.1, 0.15) is 27.2 Å². The van der Waals surface area contributed by atoms with Gasteiger partial charge in [0.1, 0.15) is 0 Å². The van der Waals surface area contributed by atoms with E-state index in [2.05, 4.69) is 72.2 Å². The van der Waals surface area contributed by atoms with Crippen LogP contribution in [0.25, 0.3) is 0 Å². The van der Waals surface area contributed by atoms with Gasteiger partial charge in [0, 0.05) is 29.3 Å². The summed E-state index contributed by atoms with van der Waals surface area (Å²) in [6.45, 7) is 8.92. The van der Waals surface area contributed by atoms with E-state index in [0.717, 1.165) is 23.5 Å². The summed E-state index contributed by atoms with van der Waals surface area (Å²) in [6, 6.07) is 8.95. The fourth-order valence-corrected chi connectivity index (χ4v) is 2.46. The molecule has 0 saturated carbocycles. The van der Waals surface area contributed by atoms with Gasteiger partial charge in [-0.15, -0.1) is 0 Å². The number of benzene rings is 1. The molecule has 102 valence electrons. The molecule has 1 N–H and O–H groups in total. The van der Waals surface area contributed by atoms with E-state index in [1.54, 1.807) is 0 Å². The van der Waals surface area contributed by atoms with Crippen molar-refractivity contribution in [3.8, 4) is 0 Å². The Bertz CT molecular complexity index is 352. The Morgan fingerprint density at radius 1 is 1.28 bits per heavy atom. The Morgan fingerprint density at radius 2 is 2.00 bits per heavy atom. The lowest BCUT2D eigenvalue weighted by Gasteiger charge is -2.26. The van der Waals surface area contributed by atoms with E-state index < -0.39 is 0 Å². The van der Waals surface area contributed by atoms with E-state index >= 15 is 0 Å². The minimum Gasteiger partial charge on any atom is -0.384 e. The van der Waals surface area contributed by atoms with Crippen molar-refractivity contribution in [1.29, 1.82) is 0 Å². The van der Waals surface area contributed by atoms with E-state index in [1.165, 1.54) is 12.1 Å². The second kappa shape index (κ2) is 7.80. The Balaban J connectivity index is 2.29. The van der Waals surface area contributed by atoms with Gasteiger partial charge >= 0.3 is 0 Å². The SMILES string of the molecule is CC(C)CC(C)N(C)CCNc1cccc(Br)c1. The average Bonchev–Trinajstić information content (AvgIpc) is 2.28. The van der Waals surface area contributed by atoms with Crippen LogP contribution in [-0.4, -0.2) is 31.1 Å². The lowest BCUT2D eigenvalue weighted by Crippen LogP contribution is -2.34. The van der Waals surface area contributed by atoms with Crippen molar-refractivity contribution in [2.24, 2.45) is 5.92 Å². The zero-order chi connectivity index (χ0) is 13.5. The van der Waals surface area contributed by atoms with Crippen molar-refractivity contribution in [1.82, 2.24) is 4.90 Å². The molecule has 0 saturated heterocycles. The van der Waals surface area contributed by atoms with Gasteiger partial charge in [0.05, 0.1) is 0 Å². The molecule has 0 fully saturated rings. The minimum absolute atomic E-state index is 0.648. The fourth-order valence-electron chi connectivity index (χ4n) is 2.06. The number of anilines is 1. The van der Waals surface area contributed by atoms with Gasteiger partial charge in [0.25, 0.3) is 0 Å². The first-order valence-electron chi connectivity index (χ1n) is 6.68. The molecular formula is C15H25BrN2. The van der Waals surface area contributed by atoms with Gasteiger partial charge in [-0.2, -0.15) is 0 Å². The third-order valence-electron chi connectivity index (χ3n) is 3.18. The zero-order valence-electron chi connectivity index (χ0n) is 11.9. The number of nitrogens with zero attached hydrogens (tertiary/aromatic N) is 1. The summed E-state index contributed by atoms with van der Waals surface area (Å²) in [5, 5.41) is 3.45. The van der Waals surface area contributed by atoms with Crippen LogP contribution in [0.15, 0.2) is 28.7 Å². The molecule has 0 bridgehead atoms. The van der Waals surface area contributed by atoms with E-state index in [9.17, 15) is 0 Å². The monoisotopic (exact) mass is 312 g/mol. The topological polar surface area (TPSA) is 15.3 Å². The number of rotatable bonds is 7. The van der Waals surface area contributed by atoms with Crippen molar-refractivity contribution >= 4 is 21.6 Å². The molecule has 1 atom stereocenters. The summed E-state index contributed by atoms with van der Waals surface area (Å²) in [6.07, 6.45) is 1.26. The van der Waals surface area contributed by atoms with Crippen molar-refractivity contribution in [3.05, 3.63) is 28.7 Å². The number of halogens is 1. The molecular weight excluding hydrogens is 288 g/mol. The summed E-state index contributed by atoms with van der Waals surface area (Å²) in [5.41, 5.74) is 1.18. The van der Waals surface area contributed by atoms with Gasteiger partial charge in [0.15, 0.2) is 0 Å². The van der Waals surface area contributed by atoms with Crippen molar-refractivity contribution < 1.29 is 0 Å². The second-order valence-electron chi connectivity index (χ2n) is 5.40. The highest BCUT2D eigenvalue weighted by molar-refractivity contribution is 9.10. The molecule has 0 aliphatic carbocycles. The molecule has 0 amide bonds. The van der Waals surface area contributed by atoms with E-state index in [0.29, 0.717) is 6.04 Å². The van der Waals surface area contributed by atoms with Crippen LogP contribution >= 0.6 is 15.9 Å². The summed E-state index contributed by atoms with van der Waals surface area (Å²) < 4.78 is 1.12. The quantitative estimate of drug-likeness (QED) is 0.810. The third kappa shape index (κ3) is 5.87. The number of nitrogens with one attached hydrogen (secondary N) is 1. The third-order valence-corrected chi connectivity index (χ3v) is 3.68. The second-order valence-corrected chi connectivity index (χ2v) is 6.31. The molecule has 1 rings (SSSR count). The first-order valence-corrected chi connectivity index (χ1v) is 7.48. The first-order chi connectivity index (χ1) is 8.49. The number of hydrogen-bond donors (Lipinski definition) is 1. The van der Waals surface area contributed by atoms with Crippen molar-refractivity contribution in [2.75, 3.05) is 25.5 Å². The standard InChI is InChI=1S/C15H25BrN2/c1-12(2)10-13(3)18(4)9-8-17-15-7-5-6-14(16)11-15/h5-7,11-13,17H,8-10H2,1-4H3. The maximum atomic E-state index is 3.48. The summed E-state index contributed by atoms with van der Waals surface area (Å²) in [7, 11) is 2.20. The molecule has 0 radical (unpaired) electrons. The molecule has 1 unspecified atom stereocenters. The van der Waals surface area contributed by atoms with Gasteiger partial charge < -0.3 is 10.2 Å². The lowest BCUT2D eigenvalue weighted by molar-refractivity contribution is 0.236. The Labute approximate surface area is 120 Å². The van der Waals surface area contributed by atoms with Crippen LogP contribution in [0.4, 0.5) is 5.69 Å². The van der Waals surface area contributed by atoms with Gasteiger partial charge in [-0.05, 0) is 44.5 Å². The molecule has 0 aliphatic heterocycles. The zero-order valence-corrected chi connectivity index (χ0v) is 13.5. The van der Waals surface area contributed by atoms with E-state index in [4.69, 9.17) is 0 Å². The molecule has 0 aromatic heterocycles. The van der Waals surface area contributed by atoms with E-state index in [-0.39, 0.29) is 0 Å². The maximum Gasteiger partial charge on any atom is 0.0351 e. The largest absolute Gasteiger partial charge is 0.384 e. The van der Waals surface area contributed by atoms with Crippen LogP contribution in [0.5, 0.6) is 0 Å². The highest BCUT2D eigenvalue weighted by Crippen LogP contribution is 2.15. The summed E-state index contributed by atoms with van der Waals surface area (Å²) in [5.74, 6) is 0.764. The normalized spacial score (nSPS) is 13.1. The predicted octanol–water partition coefficient (Wildman–Crippen LogP) is 4.23. The average molecular weight is 313 g/mol. The van der Waals surface area contributed by atoms with Crippen LogP contribution in [0.3, 0.4) is 0 Å². The highest BCUT2D eigenvalue weighted by Gasteiger charge is 2.10. The first kappa shape index (κ1) is 15.5. The number of hydrogen-bond acceptors (Lipinski definition) is 2. The Kier molecular flexibility index (Phi) is 6.72. The summed E-state index contributed by atoms with van der Waals surface area (Å²) >= 11 is 3.48. The molecule has 1 aromatic rings. The van der Waals surface area contributed by atoms with Gasteiger partial charge in [-0.3, -0.25) is 0 Å². The smallest absolute Gasteiger partial charge is 0.0351 e. The van der Waals surface area contributed by atoms with Crippen molar-refractivity contribution in [2.45, 2.75) is 33.2 Å². The molecule has 3 heteroatoms. The summed E-state index contributed by atoms with van der Waals surface area (Å²) in [4.78, 5) is 2.42. The van der Waals surface area contributed by atoms with Crippen LogP contribution in [0, 0.1) is 5.92 Å². The van der Waals surface area contributed by atoms with Crippen LogP contribution in [-0.2, 0) is 0 Å². The molecule has 1 aromatic carbocycles. The highest BCUT2D eigenvalue weighted by atomic mass is 79.9. The molecule has 0 heterocycles. The Morgan fingerprint density at radius 3 is 2.61 bits per heavy atom. The predicted molar refractivity (Wildman–Crippen MR) is 84.2 cm³/mol. The molecule has 0 spiro atoms. The van der Waals surface area contributed by atoms with Crippen molar-refractivity contribution in [3.63, 3.8) is 0 Å². The number of likely N-dealkylation sites (N-methyl/N-ethyl adjacent to an activating group) is 1. The fraction of sp³-hybridized carbons (Fsp3) is 0.600. The van der Waals surface area contributed by atoms with Gasteiger partial charge in [-0.1, -0.05) is 35.8 Å². The van der Waals surface area contributed by atoms with Gasteiger partial charge in [-0.25, -0.2) is 0 Å². The maximum absolute atomic E-state index is 3.48. The molecule has 18 heavy (non-hydrogen) atoms. The molecule has 2 nitrogen and oxygen atoms in total.